The molecule has 0 aliphatic carbocycles. The Morgan fingerprint density at radius 2 is 1.32 bits per heavy atom. The van der Waals surface area contributed by atoms with Crippen molar-refractivity contribution in [3.63, 3.8) is 0 Å². The number of nitrogens with one attached hydrogen (secondary N) is 1. The van der Waals surface area contributed by atoms with Crippen molar-refractivity contribution in [1.82, 2.24) is 5.32 Å². The van der Waals surface area contributed by atoms with E-state index < -0.39 is 0 Å². The van der Waals surface area contributed by atoms with Gasteiger partial charge in [0.15, 0.2) is 0 Å². The highest BCUT2D eigenvalue weighted by Crippen LogP contribution is 2.08. The maximum absolute atomic E-state index is 10.5. The van der Waals surface area contributed by atoms with Crippen LogP contribution in [0.5, 0.6) is 0 Å². The Labute approximate surface area is 155 Å². The Morgan fingerprint density at radius 3 is 1.80 bits per heavy atom. The fourth-order valence-electron chi connectivity index (χ4n) is 2.30. The lowest BCUT2D eigenvalue weighted by Gasteiger charge is -1.98. The lowest BCUT2D eigenvalue weighted by Crippen LogP contribution is -2.21. The maximum atomic E-state index is 10.5. The number of amides is 1. The highest BCUT2D eigenvalue weighted by Gasteiger charge is 1.94. The summed E-state index contributed by atoms with van der Waals surface area (Å²) in [7, 11) is 0. The van der Waals surface area contributed by atoms with E-state index in [1.54, 1.807) is 0 Å². The van der Waals surface area contributed by atoms with Crippen molar-refractivity contribution < 1.29 is 15.0 Å². The Kier molecular flexibility index (Phi) is 26.7. The first-order valence-electron chi connectivity index (χ1n) is 10.0. The number of hydrogen-bond donors (Lipinski definition) is 4. The highest BCUT2D eigenvalue weighted by atomic mass is 16.3. The van der Waals surface area contributed by atoms with Gasteiger partial charge in [-0.15, -0.1) is 0 Å². The molecule has 0 bridgehead atoms. The van der Waals surface area contributed by atoms with Gasteiger partial charge < -0.3 is 21.3 Å². The van der Waals surface area contributed by atoms with Crippen molar-refractivity contribution in [2.45, 2.75) is 84.0 Å². The molecule has 0 aromatic heterocycles. The summed E-state index contributed by atoms with van der Waals surface area (Å²) in [5.74, 6) is -0.166. The number of carbonyl (C=O) groups excluding carboxylic acids is 1. The van der Waals surface area contributed by atoms with Gasteiger partial charge in [0.25, 0.3) is 0 Å². The molecule has 0 radical (unpaired) electrons. The van der Waals surface area contributed by atoms with E-state index in [0.717, 1.165) is 12.8 Å². The summed E-state index contributed by atoms with van der Waals surface area (Å²) in [6.45, 7) is 3.67. The number of rotatable bonds is 17. The smallest absolute Gasteiger partial charge is 0.217 e. The van der Waals surface area contributed by atoms with E-state index in [2.05, 4.69) is 24.4 Å². The molecule has 150 valence electrons. The van der Waals surface area contributed by atoms with E-state index in [0.29, 0.717) is 19.5 Å². The van der Waals surface area contributed by atoms with E-state index in [1.807, 2.05) is 0 Å². The van der Waals surface area contributed by atoms with Gasteiger partial charge in [-0.3, -0.25) is 4.79 Å². The van der Waals surface area contributed by atoms with Crippen LogP contribution in [0, 0.1) is 0 Å². The van der Waals surface area contributed by atoms with Crippen molar-refractivity contribution in [2.24, 2.45) is 5.73 Å². The van der Waals surface area contributed by atoms with E-state index >= 15 is 0 Å². The van der Waals surface area contributed by atoms with Crippen LogP contribution in [-0.4, -0.2) is 42.4 Å². The summed E-state index contributed by atoms with van der Waals surface area (Å²) >= 11 is 0. The number of aliphatic hydroxyl groups excluding tert-OH is 2. The van der Waals surface area contributed by atoms with Crippen LogP contribution in [0.1, 0.15) is 84.0 Å². The number of primary amides is 1. The number of unbranched alkanes of at least 4 members (excludes halogenated alkanes) is 9. The van der Waals surface area contributed by atoms with Gasteiger partial charge in [-0.25, -0.2) is 0 Å². The average molecular weight is 359 g/mol. The molecule has 0 unspecified atom stereocenters. The average Bonchev–Trinajstić information content (AvgIpc) is 2.60. The zero-order valence-corrected chi connectivity index (χ0v) is 16.3. The van der Waals surface area contributed by atoms with Gasteiger partial charge in [-0.1, -0.05) is 57.6 Å². The molecule has 5 nitrogen and oxygen atoms in total. The van der Waals surface area contributed by atoms with Crippen molar-refractivity contribution in [3.8, 4) is 0 Å². The largest absolute Gasteiger partial charge is 0.395 e. The van der Waals surface area contributed by atoms with Crippen LogP contribution >= 0.6 is 0 Å². The molecular formula is C20H42N2O3. The van der Waals surface area contributed by atoms with Gasteiger partial charge in [-0.05, 0) is 32.1 Å². The second kappa shape index (κ2) is 25.3. The SMILES string of the molecule is CCCCCC/C=C\CCCCCCCC(N)=O.OCCNCCO. The quantitative estimate of drug-likeness (QED) is 0.237. The van der Waals surface area contributed by atoms with Crippen LogP contribution in [0.15, 0.2) is 12.2 Å². The Bertz CT molecular complexity index is 280. The van der Waals surface area contributed by atoms with Gasteiger partial charge in [-0.2, -0.15) is 0 Å². The molecule has 0 fully saturated rings. The summed E-state index contributed by atoms with van der Waals surface area (Å²) in [5, 5.41) is 19.1. The first-order chi connectivity index (χ1) is 12.2. The second-order valence-electron chi connectivity index (χ2n) is 6.29. The molecule has 1 amide bonds. The molecule has 0 aromatic rings. The van der Waals surface area contributed by atoms with E-state index in [1.165, 1.54) is 57.8 Å². The van der Waals surface area contributed by atoms with Crippen molar-refractivity contribution in [1.29, 1.82) is 0 Å². The van der Waals surface area contributed by atoms with Crippen molar-refractivity contribution >= 4 is 5.91 Å². The molecule has 5 heteroatoms. The van der Waals surface area contributed by atoms with E-state index in [9.17, 15) is 4.79 Å². The summed E-state index contributed by atoms with van der Waals surface area (Å²) in [6.07, 6.45) is 19.0. The number of allylic oxidation sites excluding steroid dienone is 2. The normalized spacial score (nSPS) is 10.7. The van der Waals surface area contributed by atoms with Crippen LogP contribution in [0.3, 0.4) is 0 Å². The lowest BCUT2D eigenvalue weighted by atomic mass is 10.1. The van der Waals surface area contributed by atoms with Gasteiger partial charge >= 0.3 is 0 Å². The fourth-order valence-corrected chi connectivity index (χ4v) is 2.30. The molecule has 0 saturated carbocycles. The topological polar surface area (TPSA) is 95.6 Å². The third-order valence-electron chi connectivity index (χ3n) is 3.76. The first-order valence-corrected chi connectivity index (χ1v) is 10.0. The maximum Gasteiger partial charge on any atom is 0.217 e. The molecule has 0 saturated heterocycles. The third kappa shape index (κ3) is 31.4. The predicted molar refractivity (Wildman–Crippen MR) is 106 cm³/mol. The monoisotopic (exact) mass is 358 g/mol. The lowest BCUT2D eigenvalue weighted by molar-refractivity contribution is -0.118. The minimum Gasteiger partial charge on any atom is -0.395 e. The third-order valence-corrected chi connectivity index (χ3v) is 3.76. The summed E-state index contributed by atoms with van der Waals surface area (Å²) in [4.78, 5) is 10.5. The summed E-state index contributed by atoms with van der Waals surface area (Å²) < 4.78 is 0. The second-order valence-corrected chi connectivity index (χ2v) is 6.29. The highest BCUT2D eigenvalue weighted by molar-refractivity contribution is 5.73. The molecule has 0 rings (SSSR count). The molecule has 0 aliphatic rings. The minimum atomic E-state index is -0.166. The van der Waals surface area contributed by atoms with Crippen LogP contribution < -0.4 is 11.1 Å². The minimum absolute atomic E-state index is 0.139. The molecular weight excluding hydrogens is 316 g/mol. The molecule has 0 atom stereocenters. The fraction of sp³-hybridized carbons (Fsp3) is 0.850. The van der Waals surface area contributed by atoms with Gasteiger partial charge in [0.2, 0.25) is 5.91 Å². The van der Waals surface area contributed by atoms with Crippen molar-refractivity contribution in [3.05, 3.63) is 12.2 Å². The van der Waals surface area contributed by atoms with Crippen molar-refractivity contribution in [2.75, 3.05) is 26.3 Å². The van der Waals surface area contributed by atoms with Crippen LogP contribution in [0.4, 0.5) is 0 Å². The molecule has 0 aromatic carbocycles. The molecule has 0 spiro atoms. The number of hydrogen-bond acceptors (Lipinski definition) is 4. The summed E-state index contributed by atoms with van der Waals surface area (Å²) in [5.41, 5.74) is 5.08. The predicted octanol–water partition coefficient (Wildman–Crippen LogP) is 3.29. The first kappa shape index (κ1) is 26.3. The van der Waals surface area contributed by atoms with Crippen LogP contribution in [-0.2, 0) is 4.79 Å². The standard InChI is InChI=1S/C16H31NO.C4H11NO2/c1-2-3-4-5-6-7-8-9-10-11-12-13-14-15-16(17)18;6-3-1-5-2-4-7/h7-8H,2-6,9-15H2,1H3,(H2,17,18);5-7H,1-4H2/b8-7-;. The number of aliphatic hydroxyl groups is 2. The molecule has 0 aliphatic heterocycles. The van der Waals surface area contributed by atoms with Gasteiger partial charge in [0.1, 0.15) is 0 Å². The van der Waals surface area contributed by atoms with Crippen LogP contribution in [0.2, 0.25) is 0 Å². The number of nitrogens with two attached hydrogens (primary N) is 1. The Hall–Kier alpha value is -0.910. The molecule has 25 heavy (non-hydrogen) atoms. The molecule has 0 heterocycles. The van der Waals surface area contributed by atoms with E-state index in [4.69, 9.17) is 15.9 Å². The summed E-state index contributed by atoms with van der Waals surface area (Å²) in [6, 6.07) is 0. The zero-order chi connectivity index (χ0) is 19.0. The molecule has 5 N–H and O–H groups in total. The van der Waals surface area contributed by atoms with E-state index in [-0.39, 0.29) is 19.1 Å². The van der Waals surface area contributed by atoms with Gasteiger partial charge in [0, 0.05) is 19.5 Å². The van der Waals surface area contributed by atoms with Gasteiger partial charge in [0.05, 0.1) is 13.2 Å². The zero-order valence-electron chi connectivity index (χ0n) is 16.3. The Morgan fingerprint density at radius 1 is 0.840 bits per heavy atom. The Balaban J connectivity index is 0. The number of carbonyl (C=O) groups is 1. The van der Waals surface area contributed by atoms with Crippen LogP contribution in [0.25, 0.3) is 0 Å².